The number of para-hydroxylation sites is 2. The second-order valence-corrected chi connectivity index (χ2v) is 6.38. The number of aryl methyl sites for hydroxylation is 1. The van der Waals surface area contributed by atoms with E-state index in [0.717, 1.165) is 17.1 Å². The van der Waals surface area contributed by atoms with Crippen molar-refractivity contribution in [3.05, 3.63) is 83.2 Å². The van der Waals surface area contributed by atoms with Gasteiger partial charge in [0.05, 0.1) is 0 Å². The van der Waals surface area contributed by atoms with Crippen molar-refractivity contribution in [2.75, 3.05) is 0 Å². The SMILES string of the molecule is Cc1cc(C(=O)[C@H](C)OC(=O)c2ccccc2O)c(C)n1-c1ccccc1. The maximum Gasteiger partial charge on any atom is 0.342 e. The number of aromatic hydroxyl groups is 1. The normalized spacial score (nSPS) is 11.8. The minimum atomic E-state index is -0.971. The van der Waals surface area contributed by atoms with Crippen molar-refractivity contribution >= 4 is 11.8 Å². The fourth-order valence-corrected chi connectivity index (χ4v) is 3.13. The zero-order valence-electron chi connectivity index (χ0n) is 15.5. The first kappa shape index (κ1) is 18.5. The number of esters is 1. The second-order valence-electron chi connectivity index (χ2n) is 6.38. The summed E-state index contributed by atoms with van der Waals surface area (Å²) < 4.78 is 7.28. The van der Waals surface area contributed by atoms with Crippen LogP contribution in [-0.4, -0.2) is 27.5 Å². The molecule has 3 aromatic rings. The molecule has 0 aliphatic heterocycles. The van der Waals surface area contributed by atoms with Crippen LogP contribution < -0.4 is 0 Å². The Labute approximate surface area is 157 Å². The third kappa shape index (κ3) is 3.62. The van der Waals surface area contributed by atoms with Crippen molar-refractivity contribution in [2.45, 2.75) is 26.9 Å². The van der Waals surface area contributed by atoms with E-state index in [-0.39, 0.29) is 17.1 Å². The number of nitrogens with zero attached hydrogens (tertiary/aromatic N) is 1. The molecule has 0 radical (unpaired) electrons. The van der Waals surface area contributed by atoms with E-state index in [4.69, 9.17) is 4.74 Å². The highest BCUT2D eigenvalue weighted by molar-refractivity contribution is 6.03. The Hall–Kier alpha value is -3.34. The highest BCUT2D eigenvalue weighted by atomic mass is 16.5. The van der Waals surface area contributed by atoms with Gasteiger partial charge in [0.2, 0.25) is 5.78 Å². The molecule has 1 aromatic heterocycles. The average Bonchev–Trinajstić information content (AvgIpc) is 2.96. The number of carbonyl (C=O) groups is 2. The zero-order chi connectivity index (χ0) is 19.6. The third-order valence-electron chi connectivity index (χ3n) is 4.49. The largest absolute Gasteiger partial charge is 0.507 e. The molecule has 0 saturated carbocycles. The molecule has 5 nitrogen and oxygen atoms in total. The van der Waals surface area contributed by atoms with Gasteiger partial charge < -0.3 is 14.4 Å². The van der Waals surface area contributed by atoms with Gasteiger partial charge in [-0.1, -0.05) is 30.3 Å². The molecule has 0 unspecified atom stereocenters. The third-order valence-corrected chi connectivity index (χ3v) is 4.49. The number of hydrogen-bond donors (Lipinski definition) is 1. The molecule has 0 aliphatic carbocycles. The number of benzene rings is 2. The van der Waals surface area contributed by atoms with Gasteiger partial charge >= 0.3 is 5.97 Å². The van der Waals surface area contributed by atoms with Crippen molar-refractivity contribution in [3.8, 4) is 11.4 Å². The van der Waals surface area contributed by atoms with E-state index in [1.807, 2.05) is 48.7 Å². The number of phenolic OH excluding ortho intramolecular Hbond substituents is 1. The summed E-state index contributed by atoms with van der Waals surface area (Å²) in [6.45, 7) is 5.33. The number of Topliss-reactive ketones (excluding diaryl/α,β-unsaturated/α-hetero) is 1. The van der Waals surface area contributed by atoms with Crippen molar-refractivity contribution in [3.63, 3.8) is 0 Å². The molecule has 1 atom stereocenters. The first-order valence-electron chi connectivity index (χ1n) is 8.67. The van der Waals surface area contributed by atoms with E-state index < -0.39 is 12.1 Å². The minimum Gasteiger partial charge on any atom is -0.507 e. The van der Waals surface area contributed by atoms with Crippen LogP contribution in [0.2, 0.25) is 0 Å². The Morgan fingerprint density at radius 3 is 2.26 bits per heavy atom. The van der Waals surface area contributed by atoms with Gasteiger partial charge in [0.1, 0.15) is 11.3 Å². The molecule has 0 amide bonds. The van der Waals surface area contributed by atoms with Gasteiger partial charge in [-0.05, 0) is 51.1 Å². The molecule has 1 N–H and O–H groups in total. The number of aromatic nitrogens is 1. The molecular formula is C22H21NO4. The highest BCUT2D eigenvalue weighted by Gasteiger charge is 2.25. The molecule has 0 fully saturated rings. The predicted octanol–water partition coefficient (Wildman–Crippen LogP) is 4.23. The van der Waals surface area contributed by atoms with E-state index in [2.05, 4.69) is 0 Å². The zero-order valence-corrected chi connectivity index (χ0v) is 15.5. The number of hydrogen-bond acceptors (Lipinski definition) is 4. The smallest absolute Gasteiger partial charge is 0.342 e. The van der Waals surface area contributed by atoms with Gasteiger partial charge in [0.15, 0.2) is 6.10 Å². The number of ketones is 1. The second kappa shape index (κ2) is 7.50. The highest BCUT2D eigenvalue weighted by Crippen LogP contribution is 2.23. The maximum absolute atomic E-state index is 12.9. The van der Waals surface area contributed by atoms with Crippen molar-refractivity contribution in [1.82, 2.24) is 4.57 Å². The van der Waals surface area contributed by atoms with E-state index in [1.165, 1.54) is 19.1 Å². The van der Waals surface area contributed by atoms with Crippen molar-refractivity contribution in [2.24, 2.45) is 0 Å². The Kier molecular flexibility index (Phi) is 5.12. The molecular weight excluding hydrogens is 342 g/mol. The summed E-state index contributed by atoms with van der Waals surface area (Å²) in [5.41, 5.74) is 3.21. The fraction of sp³-hybridized carbons (Fsp3) is 0.182. The molecule has 1 heterocycles. The summed E-state index contributed by atoms with van der Waals surface area (Å²) in [6.07, 6.45) is -0.971. The predicted molar refractivity (Wildman–Crippen MR) is 103 cm³/mol. The van der Waals surface area contributed by atoms with E-state index in [0.29, 0.717) is 5.56 Å². The van der Waals surface area contributed by atoms with Crippen LogP contribution in [0.3, 0.4) is 0 Å². The van der Waals surface area contributed by atoms with Crippen LogP contribution in [0.4, 0.5) is 0 Å². The van der Waals surface area contributed by atoms with E-state index in [9.17, 15) is 14.7 Å². The fourth-order valence-electron chi connectivity index (χ4n) is 3.13. The first-order chi connectivity index (χ1) is 12.9. The topological polar surface area (TPSA) is 68.5 Å². The molecule has 0 aliphatic rings. The molecule has 138 valence electrons. The molecule has 0 bridgehead atoms. The van der Waals surface area contributed by atoms with E-state index in [1.54, 1.807) is 18.2 Å². The van der Waals surface area contributed by atoms with E-state index >= 15 is 0 Å². The monoisotopic (exact) mass is 363 g/mol. The van der Waals surface area contributed by atoms with Crippen molar-refractivity contribution in [1.29, 1.82) is 0 Å². The number of rotatable bonds is 5. The summed E-state index contributed by atoms with van der Waals surface area (Å²) in [5, 5.41) is 9.77. The Morgan fingerprint density at radius 1 is 0.963 bits per heavy atom. The quantitative estimate of drug-likeness (QED) is 0.544. The standard InChI is InChI=1S/C22H21NO4/c1-14-13-19(15(2)23(14)17-9-5-4-6-10-17)21(25)16(3)27-22(26)18-11-7-8-12-20(18)24/h4-13,16,24H,1-3H3/t16-/m0/s1. The maximum atomic E-state index is 12.9. The van der Waals surface area contributed by atoms with Crippen LogP contribution in [0.15, 0.2) is 60.7 Å². The molecule has 0 spiro atoms. The summed E-state index contributed by atoms with van der Waals surface area (Å²) in [7, 11) is 0. The van der Waals surface area contributed by atoms with Crippen LogP contribution in [-0.2, 0) is 4.74 Å². The number of phenols is 1. The molecule has 27 heavy (non-hydrogen) atoms. The molecule has 0 saturated heterocycles. The summed E-state index contributed by atoms with van der Waals surface area (Å²) >= 11 is 0. The Bertz CT molecular complexity index is 989. The van der Waals surface area contributed by atoms with Gasteiger partial charge in [0.25, 0.3) is 0 Å². The van der Waals surface area contributed by atoms with Gasteiger partial charge in [-0.15, -0.1) is 0 Å². The Balaban J connectivity index is 1.84. The van der Waals surface area contributed by atoms with Gasteiger partial charge in [-0.25, -0.2) is 4.79 Å². The van der Waals surface area contributed by atoms with Crippen LogP contribution in [0.5, 0.6) is 5.75 Å². The van der Waals surface area contributed by atoms with Gasteiger partial charge in [0, 0.05) is 22.6 Å². The lowest BCUT2D eigenvalue weighted by Crippen LogP contribution is -2.25. The molecule has 2 aromatic carbocycles. The lowest BCUT2D eigenvalue weighted by Gasteiger charge is -2.14. The van der Waals surface area contributed by atoms with Gasteiger partial charge in [-0.2, -0.15) is 0 Å². The van der Waals surface area contributed by atoms with Crippen molar-refractivity contribution < 1.29 is 19.4 Å². The summed E-state index contributed by atoms with van der Waals surface area (Å²) in [5.74, 6) is -1.19. The Morgan fingerprint density at radius 2 is 1.59 bits per heavy atom. The first-order valence-corrected chi connectivity index (χ1v) is 8.67. The lowest BCUT2D eigenvalue weighted by molar-refractivity contribution is 0.0316. The van der Waals surface area contributed by atoms with Gasteiger partial charge in [-0.3, -0.25) is 4.79 Å². The lowest BCUT2D eigenvalue weighted by atomic mass is 10.1. The number of ether oxygens (including phenoxy) is 1. The van der Waals surface area contributed by atoms with Crippen LogP contribution >= 0.6 is 0 Å². The van der Waals surface area contributed by atoms with Crippen LogP contribution in [0, 0.1) is 13.8 Å². The molecule has 5 heteroatoms. The number of carbonyl (C=O) groups excluding carboxylic acids is 2. The minimum absolute atomic E-state index is 0.0342. The average molecular weight is 363 g/mol. The van der Waals surface area contributed by atoms with Crippen LogP contribution in [0.25, 0.3) is 5.69 Å². The molecule has 3 rings (SSSR count). The summed E-state index contributed by atoms with van der Waals surface area (Å²) in [6, 6.07) is 17.6. The van der Waals surface area contributed by atoms with Crippen LogP contribution in [0.1, 0.15) is 39.0 Å². The summed E-state index contributed by atoms with van der Waals surface area (Å²) in [4.78, 5) is 25.1.